The predicted octanol–water partition coefficient (Wildman–Crippen LogP) is 4.37. The van der Waals surface area contributed by atoms with Gasteiger partial charge in [-0.2, -0.15) is 0 Å². The second-order valence-electron chi connectivity index (χ2n) is 7.39. The molecule has 8 heteroatoms. The summed E-state index contributed by atoms with van der Waals surface area (Å²) in [6, 6.07) is 14.6. The topological polar surface area (TPSA) is 87.0 Å². The van der Waals surface area contributed by atoms with Crippen LogP contribution in [0.3, 0.4) is 0 Å². The van der Waals surface area contributed by atoms with Crippen molar-refractivity contribution in [1.29, 1.82) is 0 Å². The molecule has 0 aliphatic heterocycles. The van der Waals surface area contributed by atoms with Gasteiger partial charge in [0.1, 0.15) is 17.1 Å². The summed E-state index contributed by atoms with van der Waals surface area (Å²) >= 11 is 0. The average Bonchev–Trinajstić information content (AvgIpc) is 3.26. The van der Waals surface area contributed by atoms with Crippen LogP contribution in [0.25, 0.3) is 17.1 Å². The third-order valence-electron chi connectivity index (χ3n) is 5.10. The number of hydrogen-bond donors (Lipinski definition) is 1. The van der Waals surface area contributed by atoms with E-state index < -0.39 is 0 Å². The number of ether oxygens (including phenoxy) is 2. The lowest BCUT2D eigenvalue weighted by Crippen LogP contribution is -2.11. The van der Waals surface area contributed by atoms with Crippen LogP contribution in [0.15, 0.2) is 55.0 Å². The smallest absolute Gasteiger partial charge is 0.238 e. The average molecular weight is 430 g/mol. The van der Waals surface area contributed by atoms with Crippen molar-refractivity contribution in [2.24, 2.45) is 0 Å². The lowest BCUT2D eigenvalue weighted by atomic mass is 10.1. The maximum absolute atomic E-state index is 5.51. The third kappa shape index (κ3) is 4.39. The third-order valence-corrected chi connectivity index (χ3v) is 5.10. The Bertz CT molecular complexity index is 1220. The minimum absolute atomic E-state index is 0.491. The Morgan fingerprint density at radius 3 is 2.34 bits per heavy atom. The molecule has 0 amide bonds. The molecule has 1 aromatic carbocycles. The minimum atomic E-state index is 0.491. The number of aryl methyl sites for hydroxylation is 2. The number of hydrogen-bond acceptors (Lipinski definition) is 7. The highest BCUT2D eigenvalue weighted by Crippen LogP contribution is 2.27. The number of aromatic nitrogens is 5. The van der Waals surface area contributed by atoms with Crippen molar-refractivity contribution in [1.82, 2.24) is 24.7 Å². The molecule has 32 heavy (non-hydrogen) atoms. The number of nitrogens with one attached hydrogen (secondary N) is 1. The van der Waals surface area contributed by atoms with Gasteiger partial charge in [0.25, 0.3) is 0 Å². The molecule has 0 unspecified atom stereocenters. The van der Waals surface area contributed by atoms with Crippen molar-refractivity contribution in [2.75, 3.05) is 19.5 Å². The van der Waals surface area contributed by atoms with Crippen molar-refractivity contribution in [3.05, 3.63) is 77.9 Å². The van der Waals surface area contributed by atoms with E-state index in [9.17, 15) is 0 Å². The highest BCUT2D eigenvalue weighted by molar-refractivity contribution is 5.62. The van der Waals surface area contributed by atoms with Crippen LogP contribution in [0.5, 0.6) is 11.6 Å². The zero-order chi connectivity index (χ0) is 22.7. The summed E-state index contributed by atoms with van der Waals surface area (Å²) in [5, 5.41) is 12.1. The second-order valence-corrected chi connectivity index (χ2v) is 7.39. The molecule has 0 saturated heterocycles. The Labute approximate surface area is 187 Å². The Hall–Kier alpha value is -3.94. The first-order valence-electron chi connectivity index (χ1n) is 10.1. The molecule has 0 saturated carbocycles. The van der Waals surface area contributed by atoms with Gasteiger partial charge in [-0.15, -0.1) is 10.2 Å². The van der Waals surface area contributed by atoms with Gasteiger partial charge in [0, 0.05) is 6.20 Å². The first kappa shape index (κ1) is 21.3. The van der Waals surface area contributed by atoms with Crippen molar-refractivity contribution >= 4 is 5.82 Å². The van der Waals surface area contributed by atoms with Gasteiger partial charge >= 0.3 is 0 Å². The van der Waals surface area contributed by atoms with Gasteiger partial charge in [0.2, 0.25) is 5.88 Å². The molecular formula is C24H25N6O2. The Morgan fingerprint density at radius 2 is 1.72 bits per heavy atom. The zero-order valence-electron chi connectivity index (χ0n) is 18.7. The molecule has 4 rings (SSSR count). The first-order chi connectivity index (χ1) is 15.5. The molecule has 1 radical (unpaired) electrons. The highest BCUT2D eigenvalue weighted by atomic mass is 16.5. The van der Waals surface area contributed by atoms with E-state index in [1.165, 1.54) is 0 Å². The summed E-state index contributed by atoms with van der Waals surface area (Å²) in [7, 11) is 3.25. The summed E-state index contributed by atoms with van der Waals surface area (Å²) in [5.41, 5.74) is 5.08. The normalized spacial score (nSPS) is 10.9. The van der Waals surface area contributed by atoms with E-state index in [0.717, 1.165) is 34.3 Å². The van der Waals surface area contributed by atoms with Crippen molar-refractivity contribution in [2.45, 2.75) is 20.8 Å². The van der Waals surface area contributed by atoms with E-state index in [2.05, 4.69) is 25.5 Å². The highest BCUT2D eigenvalue weighted by Gasteiger charge is 2.14. The number of pyridine rings is 1. The van der Waals surface area contributed by atoms with Crippen LogP contribution in [0.1, 0.15) is 23.7 Å². The molecule has 0 aliphatic carbocycles. The molecule has 3 aromatic heterocycles. The van der Waals surface area contributed by atoms with E-state index in [1.54, 1.807) is 20.5 Å². The van der Waals surface area contributed by atoms with Crippen molar-refractivity contribution in [3.63, 3.8) is 0 Å². The van der Waals surface area contributed by atoms with Gasteiger partial charge in [-0.05, 0) is 62.2 Å². The molecule has 8 nitrogen and oxygen atoms in total. The SMILES string of the molecule is COc1ccc([C](C)Nc2nnc(-c3ccc(-n4cnc(C)c4)c(OC)n3)cc2C)cc1. The van der Waals surface area contributed by atoms with Gasteiger partial charge in [0.15, 0.2) is 5.82 Å². The summed E-state index contributed by atoms with van der Waals surface area (Å²) in [6.45, 7) is 5.92. The van der Waals surface area contributed by atoms with Crippen LogP contribution in [0.2, 0.25) is 0 Å². The van der Waals surface area contributed by atoms with Gasteiger partial charge < -0.3 is 19.4 Å². The molecule has 0 atom stereocenters. The van der Waals surface area contributed by atoms with Crippen LogP contribution in [-0.2, 0) is 0 Å². The summed E-state index contributed by atoms with van der Waals surface area (Å²) in [5.74, 6) is 2.00. The van der Waals surface area contributed by atoms with E-state index in [1.807, 2.05) is 74.0 Å². The summed E-state index contributed by atoms with van der Waals surface area (Å²) in [6.07, 6.45) is 3.66. The fraction of sp³-hybridized carbons (Fsp3) is 0.208. The quantitative estimate of drug-likeness (QED) is 0.467. The standard InChI is InChI=1S/C24H25N6O2/c1-15-12-21(20-10-11-22(24(27-20)32-5)30-13-16(2)25-14-30)28-29-23(15)26-17(3)18-6-8-19(31-4)9-7-18/h6-14H,1-5H3,(H,26,29). The number of benzene rings is 1. The summed E-state index contributed by atoms with van der Waals surface area (Å²) < 4.78 is 12.6. The van der Waals surface area contributed by atoms with Gasteiger partial charge in [-0.1, -0.05) is 12.1 Å². The maximum atomic E-state index is 5.51. The molecule has 4 aromatic rings. The van der Waals surface area contributed by atoms with Crippen LogP contribution < -0.4 is 14.8 Å². The van der Waals surface area contributed by atoms with Gasteiger partial charge in [-0.3, -0.25) is 0 Å². The van der Waals surface area contributed by atoms with E-state index in [-0.39, 0.29) is 0 Å². The summed E-state index contributed by atoms with van der Waals surface area (Å²) in [4.78, 5) is 8.90. The lowest BCUT2D eigenvalue weighted by Gasteiger charge is -2.16. The fourth-order valence-electron chi connectivity index (χ4n) is 3.30. The fourth-order valence-corrected chi connectivity index (χ4v) is 3.30. The van der Waals surface area contributed by atoms with Crippen molar-refractivity contribution in [3.8, 4) is 28.7 Å². The van der Waals surface area contributed by atoms with Crippen LogP contribution in [0.4, 0.5) is 5.82 Å². The number of anilines is 1. The van der Waals surface area contributed by atoms with Crippen molar-refractivity contribution < 1.29 is 9.47 Å². The molecule has 0 spiro atoms. The van der Waals surface area contributed by atoms with Crippen LogP contribution in [-0.4, -0.2) is 39.0 Å². The molecular weight excluding hydrogens is 404 g/mol. The van der Waals surface area contributed by atoms with E-state index in [0.29, 0.717) is 23.1 Å². The number of imidazole rings is 1. The van der Waals surface area contributed by atoms with E-state index in [4.69, 9.17) is 9.47 Å². The van der Waals surface area contributed by atoms with Gasteiger partial charge in [0.05, 0.1) is 38.0 Å². The molecule has 3 heterocycles. The second kappa shape index (κ2) is 9.05. The zero-order valence-corrected chi connectivity index (χ0v) is 18.7. The molecule has 1 N–H and O–H groups in total. The lowest BCUT2D eigenvalue weighted by molar-refractivity contribution is 0.396. The predicted molar refractivity (Wildman–Crippen MR) is 123 cm³/mol. The monoisotopic (exact) mass is 429 g/mol. The molecule has 0 bridgehead atoms. The minimum Gasteiger partial charge on any atom is -0.497 e. The maximum Gasteiger partial charge on any atom is 0.238 e. The Kier molecular flexibility index (Phi) is 6.02. The number of nitrogens with zero attached hydrogens (tertiary/aromatic N) is 5. The first-order valence-corrected chi connectivity index (χ1v) is 10.1. The van der Waals surface area contributed by atoms with Crippen LogP contribution >= 0.6 is 0 Å². The largest absolute Gasteiger partial charge is 0.497 e. The van der Waals surface area contributed by atoms with Crippen LogP contribution in [0, 0.1) is 19.9 Å². The van der Waals surface area contributed by atoms with E-state index >= 15 is 0 Å². The Morgan fingerprint density at radius 1 is 0.938 bits per heavy atom. The molecule has 163 valence electrons. The number of methoxy groups -OCH3 is 2. The Balaban J connectivity index is 1.56. The molecule has 0 fully saturated rings. The van der Waals surface area contributed by atoms with Gasteiger partial charge in [-0.25, -0.2) is 9.97 Å². The molecule has 0 aliphatic rings. The number of rotatable bonds is 7.